The zero-order valence-electron chi connectivity index (χ0n) is 15.0. The molecule has 0 aliphatic heterocycles. The van der Waals surface area contributed by atoms with Crippen LogP contribution in [-0.4, -0.2) is 25.9 Å². The fourth-order valence-electron chi connectivity index (χ4n) is 3.24. The van der Waals surface area contributed by atoms with Gasteiger partial charge in [-0.1, -0.05) is 44.6 Å². The lowest BCUT2D eigenvalue weighted by atomic mass is 10.2. The molecule has 6 nitrogen and oxygen atoms in total. The van der Waals surface area contributed by atoms with E-state index >= 15 is 0 Å². The molecule has 2 aromatic heterocycles. The Balaban J connectivity index is 1.49. The van der Waals surface area contributed by atoms with Crippen molar-refractivity contribution in [3.63, 3.8) is 0 Å². The number of nitrogens with zero attached hydrogens (tertiary/aromatic N) is 4. The van der Waals surface area contributed by atoms with Crippen LogP contribution in [0.1, 0.15) is 40.5 Å². The Hall–Kier alpha value is -2.58. The first kappa shape index (κ1) is 17.5. The van der Waals surface area contributed by atoms with Crippen LogP contribution in [0, 0.1) is 6.92 Å². The first-order valence-corrected chi connectivity index (χ1v) is 10.6. The zero-order chi connectivity index (χ0) is 19.3. The number of carbonyl (C=O) groups is 1. The number of anilines is 1. The van der Waals surface area contributed by atoms with Gasteiger partial charge >= 0.3 is 0 Å². The second kappa shape index (κ2) is 6.79. The normalized spacial score (nSPS) is 13.8. The van der Waals surface area contributed by atoms with E-state index in [0.29, 0.717) is 16.7 Å². The SMILES string of the molecule is Cc1cccc2sc(NC(=O)c3nnn(-c4ccc(Br)cc4)c3C3CC3)nc12. The van der Waals surface area contributed by atoms with Gasteiger partial charge in [0.05, 0.1) is 21.6 Å². The molecular formula is C20H16BrN5OS. The first-order chi connectivity index (χ1) is 13.6. The molecule has 28 heavy (non-hydrogen) atoms. The average Bonchev–Trinajstić information content (AvgIpc) is 3.28. The molecule has 0 bridgehead atoms. The van der Waals surface area contributed by atoms with E-state index in [2.05, 4.69) is 36.5 Å². The number of hydrogen-bond donors (Lipinski definition) is 1. The Morgan fingerprint density at radius 2 is 2.00 bits per heavy atom. The van der Waals surface area contributed by atoms with E-state index in [1.807, 2.05) is 49.4 Å². The molecule has 2 heterocycles. The van der Waals surface area contributed by atoms with Gasteiger partial charge in [-0.2, -0.15) is 0 Å². The molecule has 1 saturated carbocycles. The number of hydrogen-bond acceptors (Lipinski definition) is 5. The van der Waals surface area contributed by atoms with Crippen molar-refractivity contribution in [3.05, 3.63) is 63.9 Å². The summed E-state index contributed by atoms with van der Waals surface area (Å²) in [5, 5.41) is 12.0. The van der Waals surface area contributed by atoms with Crippen LogP contribution < -0.4 is 5.32 Å². The third kappa shape index (κ3) is 3.12. The fraction of sp³-hybridized carbons (Fsp3) is 0.200. The lowest BCUT2D eigenvalue weighted by Crippen LogP contribution is -2.15. The van der Waals surface area contributed by atoms with Crippen LogP contribution in [0.3, 0.4) is 0 Å². The maximum absolute atomic E-state index is 13.0. The van der Waals surface area contributed by atoms with E-state index in [1.54, 1.807) is 4.68 Å². The average molecular weight is 454 g/mol. The predicted octanol–water partition coefficient (Wildman–Crippen LogP) is 5.08. The van der Waals surface area contributed by atoms with Gasteiger partial charge in [0.1, 0.15) is 0 Å². The zero-order valence-corrected chi connectivity index (χ0v) is 17.4. The second-order valence-electron chi connectivity index (χ2n) is 6.88. The monoisotopic (exact) mass is 453 g/mol. The fourth-order valence-corrected chi connectivity index (χ4v) is 4.45. The van der Waals surface area contributed by atoms with Crippen molar-refractivity contribution in [1.82, 2.24) is 20.0 Å². The molecule has 0 radical (unpaired) electrons. The lowest BCUT2D eigenvalue weighted by Gasteiger charge is -2.07. The van der Waals surface area contributed by atoms with Crippen LogP contribution in [0.2, 0.25) is 0 Å². The number of fused-ring (bicyclic) bond motifs is 1. The molecule has 140 valence electrons. The molecule has 0 spiro atoms. The summed E-state index contributed by atoms with van der Waals surface area (Å²) in [6.45, 7) is 2.02. The maximum Gasteiger partial charge on any atom is 0.279 e. The number of aromatic nitrogens is 4. The van der Waals surface area contributed by atoms with Gasteiger partial charge in [0.2, 0.25) is 0 Å². The summed E-state index contributed by atoms with van der Waals surface area (Å²) in [6, 6.07) is 13.9. The summed E-state index contributed by atoms with van der Waals surface area (Å²) < 4.78 is 3.83. The number of aryl methyl sites for hydroxylation is 1. The summed E-state index contributed by atoms with van der Waals surface area (Å²) in [5.41, 5.74) is 4.16. The van der Waals surface area contributed by atoms with Crippen molar-refractivity contribution in [2.45, 2.75) is 25.7 Å². The molecule has 0 atom stereocenters. The molecule has 1 aliphatic rings. The molecule has 2 aromatic carbocycles. The molecule has 1 fully saturated rings. The van der Waals surface area contributed by atoms with E-state index in [0.717, 1.165) is 44.5 Å². The van der Waals surface area contributed by atoms with E-state index in [1.165, 1.54) is 11.3 Å². The summed E-state index contributed by atoms with van der Waals surface area (Å²) in [6.07, 6.45) is 2.09. The number of thiazole rings is 1. The van der Waals surface area contributed by atoms with Gasteiger partial charge < -0.3 is 0 Å². The van der Waals surface area contributed by atoms with Gasteiger partial charge in [-0.25, -0.2) is 9.67 Å². The van der Waals surface area contributed by atoms with Crippen LogP contribution in [0.25, 0.3) is 15.9 Å². The Morgan fingerprint density at radius 1 is 1.21 bits per heavy atom. The van der Waals surface area contributed by atoms with Gasteiger partial charge in [0.25, 0.3) is 5.91 Å². The predicted molar refractivity (Wildman–Crippen MR) is 113 cm³/mol. The molecule has 8 heteroatoms. The molecule has 5 rings (SSSR count). The topological polar surface area (TPSA) is 72.7 Å². The van der Waals surface area contributed by atoms with E-state index in [9.17, 15) is 4.79 Å². The van der Waals surface area contributed by atoms with Gasteiger partial charge in [-0.3, -0.25) is 10.1 Å². The highest BCUT2D eigenvalue weighted by molar-refractivity contribution is 9.10. The van der Waals surface area contributed by atoms with Crippen molar-refractivity contribution in [2.24, 2.45) is 0 Å². The Bertz CT molecular complexity index is 1190. The third-order valence-electron chi connectivity index (χ3n) is 4.80. The third-order valence-corrected chi connectivity index (χ3v) is 6.26. The Kier molecular flexibility index (Phi) is 4.25. The molecule has 0 saturated heterocycles. The van der Waals surface area contributed by atoms with Crippen molar-refractivity contribution in [1.29, 1.82) is 0 Å². The van der Waals surface area contributed by atoms with Crippen LogP contribution in [-0.2, 0) is 0 Å². The molecule has 1 amide bonds. The minimum atomic E-state index is -0.262. The Labute approximate surface area is 173 Å². The number of rotatable bonds is 4. The number of carbonyl (C=O) groups excluding carboxylic acids is 1. The highest BCUT2D eigenvalue weighted by Crippen LogP contribution is 2.42. The Morgan fingerprint density at radius 3 is 2.71 bits per heavy atom. The smallest absolute Gasteiger partial charge is 0.279 e. The van der Waals surface area contributed by atoms with Crippen LogP contribution in [0.15, 0.2) is 46.9 Å². The molecular weight excluding hydrogens is 438 g/mol. The van der Waals surface area contributed by atoms with E-state index < -0.39 is 0 Å². The molecule has 0 unspecified atom stereocenters. The molecule has 4 aromatic rings. The van der Waals surface area contributed by atoms with Gasteiger partial charge in [0.15, 0.2) is 10.8 Å². The van der Waals surface area contributed by atoms with E-state index in [4.69, 9.17) is 0 Å². The minimum Gasteiger partial charge on any atom is -0.296 e. The number of benzene rings is 2. The quantitative estimate of drug-likeness (QED) is 0.467. The summed E-state index contributed by atoms with van der Waals surface area (Å²) in [5.74, 6) is 0.0546. The number of halogens is 1. The summed E-state index contributed by atoms with van der Waals surface area (Å²) >= 11 is 4.91. The van der Waals surface area contributed by atoms with Gasteiger partial charge in [-0.05, 0) is 55.7 Å². The number of nitrogens with one attached hydrogen (secondary N) is 1. The van der Waals surface area contributed by atoms with Gasteiger partial charge in [-0.15, -0.1) is 5.10 Å². The lowest BCUT2D eigenvalue weighted by molar-refractivity contribution is 0.102. The highest BCUT2D eigenvalue weighted by atomic mass is 79.9. The largest absolute Gasteiger partial charge is 0.296 e. The van der Waals surface area contributed by atoms with E-state index in [-0.39, 0.29) is 5.91 Å². The summed E-state index contributed by atoms with van der Waals surface area (Å²) in [4.78, 5) is 17.5. The number of para-hydroxylation sites is 1. The van der Waals surface area contributed by atoms with Crippen molar-refractivity contribution < 1.29 is 4.79 Å². The summed E-state index contributed by atoms with van der Waals surface area (Å²) in [7, 11) is 0. The second-order valence-corrected chi connectivity index (χ2v) is 8.83. The first-order valence-electron chi connectivity index (χ1n) is 8.99. The number of amides is 1. The maximum atomic E-state index is 13.0. The standard InChI is InChI=1S/C20H16BrN5OS/c1-11-3-2-4-15-16(11)22-20(28-15)23-19(27)17-18(12-5-6-12)26(25-24-17)14-9-7-13(21)8-10-14/h2-4,7-10,12H,5-6H2,1H3,(H,22,23,27). The van der Waals surface area contributed by atoms with Crippen molar-refractivity contribution in [2.75, 3.05) is 5.32 Å². The van der Waals surface area contributed by atoms with Crippen molar-refractivity contribution in [3.8, 4) is 5.69 Å². The molecule has 1 N–H and O–H groups in total. The van der Waals surface area contributed by atoms with Gasteiger partial charge in [0, 0.05) is 10.4 Å². The molecule has 1 aliphatic carbocycles. The van der Waals surface area contributed by atoms with Crippen molar-refractivity contribution >= 4 is 48.5 Å². The van der Waals surface area contributed by atoms with Crippen LogP contribution >= 0.6 is 27.3 Å². The van der Waals surface area contributed by atoms with Crippen LogP contribution in [0.4, 0.5) is 5.13 Å². The highest BCUT2D eigenvalue weighted by Gasteiger charge is 2.34. The minimum absolute atomic E-state index is 0.262. The van der Waals surface area contributed by atoms with Crippen LogP contribution in [0.5, 0.6) is 0 Å².